The van der Waals surface area contributed by atoms with E-state index in [-0.39, 0.29) is 6.10 Å². The predicted molar refractivity (Wildman–Crippen MR) is 63.6 cm³/mol. The van der Waals surface area contributed by atoms with E-state index < -0.39 is 0 Å². The summed E-state index contributed by atoms with van der Waals surface area (Å²) in [5.41, 5.74) is 0. The minimum absolute atomic E-state index is 0.220. The first-order valence-corrected chi connectivity index (χ1v) is 5.79. The number of nitrogens with one attached hydrogen (secondary N) is 1. The van der Waals surface area contributed by atoms with E-state index in [4.69, 9.17) is 0 Å². The number of nitrogens with zero attached hydrogens (tertiary/aromatic N) is 3. The van der Waals surface area contributed by atoms with Gasteiger partial charge in [0.15, 0.2) is 0 Å². The Labute approximate surface area is 95.5 Å². The summed E-state index contributed by atoms with van der Waals surface area (Å²) < 4.78 is 0. The zero-order valence-electron chi connectivity index (χ0n) is 9.56. The maximum absolute atomic E-state index is 9.47. The Morgan fingerprint density at radius 3 is 3.19 bits per heavy atom. The standard InChI is InChI=1S/C11H18N4O/c1-2-5-12-11-13-6-3-10(14-11)15-7-4-9(16)8-15/h3,6,9,16H,2,4-5,7-8H2,1H3,(H,12,13,14). The van der Waals surface area contributed by atoms with Crippen molar-refractivity contribution in [1.82, 2.24) is 9.97 Å². The number of hydrogen-bond acceptors (Lipinski definition) is 5. The molecular formula is C11H18N4O. The fraction of sp³-hybridized carbons (Fsp3) is 0.636. The van der Waals surface area contributed by atoms with Crippen LogP contribution in [-0.4, -0.2) is 40.8 Å². The molecule has 1 fully saturated rings. The van der Waals surface area contributed by atoms with Crippen molar-refractivity contribution >= 4 is 11.8 Å². The van der Waals surface area contributed by atoms with E-state index >= 15 is 0 Å². The van der Waals surface area contributed by atoms with Gasteiger partial charge in [0.2, 0.25) is 5.95 Å². The molecule has 1 aromatic heterocycles. The second kappa shape index (κ2) is 5.12. The summed E-state index contributed by atoms with van der Waals surface area (Å²) in [4.78, 5) is 10.7. The lowest BCUT2D eigenvalue weighted by Crippen LogP contribution is -2.22. The molecule has 1 aliphatic rings. The predicted octanol–water partition coefficient (Wildman–Crippen LogP) is 0.869. The number of aromatic nitrogens is 2. The van der Waals surface area contributed by atoms with E-state index in [9.17, 15) is 5.11 Å². The van der Waals surface area contributed by atoms with Gasteiger partial charge in [-0.1, -0.05) is 6.92 Å². The molecule has 2 N–H and O–H groups in total. The summed E-state index contributed by atoms with van der Waals surface area (Å²) in [6.07, 6.45) is 3.41. The third-order valence-corrected chi connectivity index (χ3v) is 2.66. The fourth-order valence-electron chi connectivity index (χ4n) is 1.80. The molecule has 1 unspecified atom stereocenters. The average Bonchev–Trinajstić information content (AvgIpc) is 2.74. The highest BCUT2D eigenvalue weighted by atomic mass is 16.3. The molecule has 0 aliphatic carbocycles. The molecule has 0 saturated carbocycles. The minimum atomic E-state index is -0.220. The molecule has 1 saturated heterocycles. The topological polar surface area (TPSA) is 61.3 Å². The zero-order chi connectivity index (χ0) is 11.4. The number of β-amino-alcohol motifs (C(OH)–C–C–N with tert-alkyl or cyclic N) is 1. The molecule has 5 heteroatoms. The maximum Gasteiger partial charge on any atom is 0.224 e. The van der Waals surface area contributed by atoms with Crippen LogP contribution in [0.15, 0.2) is 12.3 Å². The third kappa shape index (κ3) is 2.61. The lowest BCUT2D eigenvalue weighted by molar-refractivity contribution is 0.198. The smallest absolute Gasteiger partial charge is 0.224 e. The van der Waals surface area contributed by atoms with Crippen molar-refractivity contribution in [3.05, 3.63) is 12.3 Å². The van der Waals surface area contributed by atoms with E-state index in [1.807, 2.05) is 6.07 Å². The molecule has 0 bridgehead atoms. The largest absolute Gasteiger partial charge is 0.391 e. The summed E-state index contributed by atoms with van der Waals surface area (Å²) in [6.45, 7) is 4.52. The Bertz CT molecular complexity index is 345. The van der Waals surface area contributed by atoms with Crippen molar-refractivity contribution in [1.29, 1.82) is 0 Å². The molecule has 1 aromatic rings. The van der Waals surface area contributed by atoms with Crippen LogP contribution < -0.4 is 10.2 Å². The van der Waals surface area contributed by atoms with Crippen LogP contribution in [0.3, 0.4) is 0 Å². The van der Waals surface area contributed by atoms with Gasteiger partial charge in [0.25, 0.3) is 0 Å². The summed E-state index contributed by atoms with van der Waals surface area (Å²) >= 11 is 0. The average molecular weight is 222 g/mol. The van der Waals surface area contributed by atoms with Crippen LogP contribution in [0.4, 0.5) is 11.8 Å². The molecule has 0 radical (unpaired) electrons. The number of aliphatic hydroxyl groups is 1. The van der Waals surface area contributed by atoms with E-state index in [1.165, 1.54) is 0 Å². The highest BCUT2D eigenvalue weighted by molar-refractivity contribution is 5.43. The van der Waals surface area contributed by atoms with Gasteiger partial charge in [-0.2, -0.15) is 4.98 Å². The Hall–Kier alpha value is -1.36. The number of hydrogen-bond donors (Lipinski definition) is 2. The normalized spacial score (nSPS) is 20.1. The van der Waals surface area contributed by atoms with E-state index in [2.05, 4.69) is 27.1 Å². The van der Waals surface area contributed by atoms with Gasteiger partial charge in [-0.15, -0.1) is 0 Å². The first kappa shape index (κ1) is 11.1. The van der Waals surface area contributed by atoms with Crippen LogP contribution in [0.5, 0.6) is 0 Å². The van der Waals surface area contributed by atoms with Crippen molar-refractivity contribution in [3.63, 3.8) is 0 Å². The second-order valence-electron chi connectivity index (χ2n) is 4.05. The van der Waals surface area contributed by atoms with Gasteiger partial charge in [0, 0.05) is 25.8 Å². The van der Waals surface area contributed by atoms with Gasteiger partial charge in [-0.05, 0) is 18.9 Å². The molecule has 2 rings (SSSR count). The van der Waals surface area contributed by atoms with Gasteiger partial charge in [0.05, 0.1) is 6.10 Å². The highest BCUT2D eigenvalue weighted by Gasteiger charge is 2.21. The summed E-state index contributed by atoms with van der Waals surface area (Å²) in [5, 5.41) is 12.6. The molecule has 2 heterocycles. The number of anilines is 2. The molecule has 16 heavy (non-hydrogen) atoms. The first-order chi connectivity index (χ1) is 7.79. The van der Waals surface area contributed by atoms with Crippen molar-refractivity contribution in [2.75, 3.05) is 29.9 Å². The monoisotopic (exact) mass is 222 g/mol. The Morgan fingerprint density at radius 1 is 1.62 bits per heavy atom. The summed E-state index contributed by atoms with van der Waals surface area (Å²) in [5.74, 6) is 1.56. The number of aliphatic hydroxyl groups excluding tert-OH is 1. The SMILES string of the molecule is CCCNc1nccc(N2CCC(O)C2)n1. The fourth-order valence-corrected chi connectivity index (χ4v) is 1.80. The van der Waals surface area contributed by atoms with Crippen LogP contribution in [0, 0.1) is 0 Å². The lowest BCUT2D eigenvalue weighted by Gasteiger charge is -2.16. The van der Waals surface area contributed by atoms with Gasteiger partial charge in [-0.25, -0.2) is 4.98 Å². The Balaban J connectivity index is 2.04. The van der Waals surface area contributed by atoms with Crippen LogP contribution in [0.25, 0.3) is 0 Å². The van der Waals surface area contributed by atoms with Crippen molar-refractivity contribution in [2.24, 2.45) is 0 Å². The molecule has 1 atom stereocenters. The molecule has 0 aromatic carbocycles. The van der Waals surface area contributed by atoms with E-state index in [1.54, 1.807) is 6.20 Å². The van der Waals surface area contributed by atoms with Gasteiger partial charge < -0.3 is 15.3 Å². The molecule has 0 spiro atoms. The van der Waals surface area contributed by atoms with E-state index in [0.29, 0.717) is 12.5 Å². The highest BCUT2D eigenvalue weighted by Crippen LogP contribution is 2.18. The zero-order valence-corrected chi connectivity index (χ0v) is 9.56. The number of rotatable bonds is 4. The van der Waals surface area contributed by atoms with Gasteiger partial charge >= 0.3 is 0 Å². The first-order valence-electron chi connectivity index (χ1n) is 5.79. The maximum atomic E-state index is 9.47. The van der Waals surface area contributed by atoms with Gasteiger partial charge in [0.1, 0.15) is 5.82 Å². The third-order valence-electron chi connectivity index (χ3n) is 2.66. The second-order valence-corrected chi connectivity index (χ2v) is 4.05. The van der Waals surface area contributed by atoms with Crippen LogP contribution in [0.2, 0.25) is 0 Å². The van der Waals surface area contributed by atoms with Crippen molar-refractivity contribution in [2.45, 2.75) is 25.9 Å². The molecule has 5 nitrogen and oxygen atoms in total. The molecule has 88 valence electrons. The quantitative estimate of drug-likeness (QED) is 0.791. The molecule has 0 amide bonds. The Kier molecular flexibility index (Phi) is 3.56. The Morgan fingerprint density at radius 2 is 2.50 bits per heavy atom. The lowest BCUT2D eigenvalue weighted by atomic mass is 10.3. The summed E-state index contributed by atoms with van der Waals surface area (Å²) in [6, 6.07) is 1.88. The van der Waals surface area contributed by atoms with Crippen LogP contribution in [0.1, 0.15) is 19.8 Å². The van der Waals surface area contributed by atoms with Crippen molar-refractivity contribution < 1.29 is 5.11 Å². The minimum Gasteiger partial charge on any atom is -0.391 e. The van der Waals surface area contributed by atoms with Crippen LogP contribution in [-0.2, 0) is 0 Å². The molecule has 1 aliphatic heterocycles. The molecular weight excluding hydrogens is 204 g/mol. The van der Waals surface area contributed by atoms with Crippen molar-refractivity contribution in [3.8, 4) is 0 Å². The van der Waals surface area contributed by atoms with Crippen LogP contribution >= 0.6 is 0 Å². The van der Waals surface area contributed by atoms with Gasteiger partial charge in [-0.3, -0.25) is 0 Å². The van der Waals surface area contributed by atoms with E-state index in [0.717, 1.165) is 31.7 Å². The summed E-state index contributed by atoms with van der Waals surface area (Å²) in [7, 11) is 0.